The molecule has 0 fully saturated rings. The number of carbonyl (C=O) groups is 1. The van der Waals surface area contributed by atoms with E-state index in [4.69, 9.17) is 9.47 Å². The van der Waals surface area contributed by atoms with Crippen LogP contribution in [0.5, 0.6) is 5.75 Å². The molecular formula is C14H19FO3. The van der Waals surface area contributed by atoms with Crippen LogP contribution in [0.3, 0.4) is 0 Å². The van der Waals surface area contributed by atoms with Gasteiger partial charge in [-0.2, -0.15) is 0 Å². The van der Waals surface area contributed by atoms with Crippen LogP contribution in [0.25, 0.3) is 0 Å². The van der Waals surface area contributed by atoms with E-state index in [0.29, 0.717) is 18.8 Å². The van der Waals surface area contributed by atoms with E-state index in [9.17, 15) is 9.18 Å². The lowest BCUT2D eigenvalue weighted by atomic mass is 10.0. The fourth-order valence-corrected chi connectivity index (χ4v) is 1.49. The van der Waals surface area contributed by atoms with Crippen molar-refractivity contribution in [2.24, 2.45) is 5.92 Å². The summed E-state index contributed by atoms with van der Waals surface area (Å²) in [7, 11) is 0. The van der Waals surface area contributed by atoms with E-state index < -0.39 is 0 Å². The van der Waals surface area contributed by atoms with Crippen LogP contribution in [0, 0.1) is 11.7 Å². The molecule has 0 saturated heterocycles. The Balaban J connectivity index is 2.46. The van der Waals surface area contributed by atoms with Crippen molar-refractivity contribution in [1.82, 2.24) is 0 Å². The first-order valence-electron chi connectivity index (χ1n) is 6.10. The number of ether oxygens (including phenoxy) is 2. The highest BCUT2D eigenvalue weighted by molar-refractivity contribution is 5.69. The molecule has 0 radical (unpaired) electrons. The van der Waals surface area contributed by atoms with E-state index in [1.807, 2.05) is 13.8 Å². The van der Waals surface area contributed by atoms with Crippen molar-refractivity contribution in [2.45, 2.75) is 33.3 Å². The summed E-state index contributed by atoms with van der Waals surface area (Å²) in [5, 5.41) is 0. The zero-order valence-corrected chi connectivity index (χ0v) is 11.0. The highest BCUT2D eigenvalue weighted by Gasteiger charge is 2.18. The van der Waals surface area contributed by atoms with Crippen molar-refractivity contribution in [3.63, 3.8) is 0 Å². The van der Waals surface area contributed by atoms with Crippen LogP contribution in [-0.2, 0) is 9.53 Å². The van der Waals surface area contributed by atoms with Crippen LogP contribution >= 0.6 is 0 Å². The quantitative estimate of drug-likeness (QED) is 0.731. The highest BCUT2D eigenvalue weighted by atomic mass is 19.1. The van der Waals surface area contributed by atoms with Crippen LogP contribution in [0.4, 0.5) is 4.39 Å². The van der Waals surface area contributed by atoms with Gasteiger partial charge in [0.15, 0.2) is 0 Å². The van der Waals surface area contributed by atoms with Gasteiger partial charge in [-0.3, -0.25) is 4.79 Å². The van der Waals surface area contributed by atoms with Gasteiger partial charge in [-0.15, -0.1) is 0 Å². The molecule has 18 heavy (non-hydrogen) atoms. The molecule has 0 aromatic heterocycles. The predicted octanol–water partition coefficient (Wildman–Crippen LogP) is 3.18. The molecule has 0 unspecified atom stereocenters. The summed E-state index contributed by atoms with van der Waals surface area (Å²) >= 11 is 0. The molecule has 0 aliphatic rings. The summed E-state index contributed by atoms with van der Waals surface area (Å²) in [5.74, 6) is 0.114. The molecule has 0 saturated carbocycles. The fraction of sp³-hybridized carbons (Fsp3) is 0.500. The van der Waals surface area contributed by atoms with Gasteiger partial charge in [-0.05, 0) is 38.1 Å². The van der Waals surface area contributed by atoms with Gasteiger partial charge in [-0.1, -0.05) is 6.92 Å². The van der Waals surface area contributed by atoms with Crippen molar-refractivity contribution < 1.29 is 18.7 Å². The third-order valence-electron chi connectivity index (χ3n) is 2.73. The Kier molecular flexibility index (Phi) is 5.62. The second-order valence-electron chi connectivity index (χ2n) is 4.26. The topological polar surface area (TPSA) is 35.5 Å². The Morgan fingerprint density at radius 1 is 1.28 bits per heavy atom. The number of hydrogen-bond acceptors (Lipinski definition) is 3. The Morgan fingerprint density at radius 3 is 2.44 bits per heavy atom. The van der Waals surface area contributed by atoms with Gasteiger partial charge in [0.25, 0.3) is 0 Å². The van der Waals surface area contributed by atoms with Crippen LogP contribution < -0.4 is 4.74 Å². The van der Waals surface area contributed by atoms with E-state index in [-0.39, 0.29) is 23.8 Å². The van der Waals surface area contributed by atoms with Crippen LogP contribution in [-0.4, -0.2) is 18.7 Å². The Morgan fingerprint density at radius 2 is 1.89 bits per heavy atom. The summed E-state index contributed by atoms with van der Waals surface area (Å²) in [5.41, 5.74) is 0. The van der Waals surface area contributed by atoms with Gasteiger partial charge in [0.05, 0.1) is 19.1 Å². The highest BCUT2D eigenvalue weighted by Crippen LogP contribution is 2.18. The molecule has 0 spiro atoms. The molecule has 1 aromatic carbocycles. The first-order valence-corrected chi connectivity index (χ1v) is 6.10. The van der Waals surface area contributed by atoms with Crippen LogP contribution in [0.15, 0.2) is 24.3 Å². The summed E-state index contributed by atoms with van der Waals surface area (Å²) < 4.78 is 23.2. The maximum absolute atomic E-state index is 12.7. The van der Waals surface area contributed by atoms with Crippen molar-refractivity contribution in [2.75, 3.05) is 6.61 Å². The minimum absolute atomic E-state index is 0.0362. The van der Waals surface area contributed by atoms with Crippen molar-refractivity contribution in [3.8, 4) is 5.75 Å². The van der Waals surface area contributed by atoms with E-state index in [1.165, 1.54) is 12.1 Å². The summed E-state index contributed by atoms with van der Waals surface area (Å²) in [6.07, 6.45) is 0.177. The monoisotopic (exact) mass is 254 g/mol. The smallest absolute Gasteiger partial charge is 0.306 e. The van der Waals surface area contributed by atoms with Gasteiger partial charge < -0.3 is 9.47 Å². The molecule has 0 amide bonds. The molecule has 0 heterocycles. The average Bonchev–Trinajstić information content (AvgIpc) is 2.32. The molecule has 0 bridgehead atoms. The summed E-state index contributed by atoms with van der Waals surface area (Å²) in [6, 6.07) is 5.84. The second-order valence-corrected chi connectivity index (χ2v) is 4.26. The van der Waals surface area contributed by atoms with E-state index >= 15 is 0 Å². The standard InChI is InChI=1S/C14H19FO3/c1-4-17-14(16)9-10(2)11(3)18-13-7-5-12(15)6-8-13/h5-8,10-11H,4,9H2,1-3H3/t10-,11+/m1/s1. The van der Waals surface area contributed by atoms with Crippen LogP contribution in [0.1, 0.15) is 27.2 Å². The third kappa shape index (κ3) is 4.73. The number of hydrogen-bond donors (Lipinski definition) is 0. The fourth-order valence-electron chi connectivity index (χ4n) is 1.49. The zero-order chi connectivity index (χ0) is 13.5. The molecule has 0 aliphatic heterocycles. The van der Waals surface area contributed by atoms with Gasteiger partial charge in [0.2, 0.25) is 0 Å². The van der Waals surface area contributed by atoms with E-state index in [0.717, 1.165) is 0 Å². The molecular weight excluding hydrogens is 235 g/mol. The van der Waals surface area contributed by atoms with Crippen molar-refractivity contribution >= 4 is 5.97 Å². The first kappa shape index (κ1) is 14.5. The Bertz CT molecular complexity index is 375. The lowest BCUT2D eigenvalue weighted by Crippen LogP contribution is -2.24. The Labute approximate surface area is 107 Å². The number of esters is 1. The number of halogens is 1. The molecule has 2 atom stereocenters. The predicted molar refractivity (Wildman–Crippen MR) is 66.9 cm³/mol. The molecule has 4 heteroatoms. The normalized spacial score (nSPS) is 13.8. The van der Waals surface area contributed by atoms with Crippen LogP contribution in [0.2, 0.25) is 0 Å². The van der Waals surface area contributed by atoms with Gasteiger partial charge in [-0.25, -0.2) is 4.39 Å². The largest absolute Gasteiger partial charge is 0.490 e. The minimum atomic E-state index is -0.297. The summed E-state index contributed by atoms with van der Waals surface area (Å²) in [4.78, 5) is 11.3. The number of rotatable bonds is 6. The zero-order valence-electron chi connectivity index (χ0n) is 11.0. The molecule has 1 rings (SSSR count). The van der Waals surface area contributed by atoms with Gasteiger partial charge >= 0.3 is 5.97 Å². The molecule has 0 aliphatic carbocycles. The van der Waals surface area contributed by atoms with Crippen molar-refractivity contribution in [1.29, 1.82) is 0 Å². The minimum Gasteiger partial charge on any atom is -0.490 e. The molecule has 3 nitrogen and oxygen atoms in total. The maximum atomic E-state index is 12.7. The number of carbonyl (C=O) groups excluding carboxylic acids is 1. The van der Waals surface area contributed by atoms with Gasteiger partial charge in [0.1, 0.15) is 11.6 Å². The van der Waals surface area contributed by atoms with E-state index in [1.54, 1.807) is 19.1 Å². The second kappa shape index (κ2) is 6.99. The van der Waals surface area contributed by atoms with Gasteiger partial charge in [0, 0.05) is 5.92 Å². The SMILES string of the molecule is CCOC(=O)C[C@@H](C)[C@H](C)Oc1ccc(F)cc1. The lowest BCUT2D eigenvalue weighted by Gasteiger charge is -2.20. The summed E-state index contributed by atoms with van der Waals surface area (Å²) in [6.45, 7) is 5.97. The third-order valence-corrected chi connectivity index (χ3v) is 2.73. The van der Waals surface area contributed by atoms with E-state index in [2.05, 4.69) is 0 Å². The molecule has 1 aromatic rings. The number of benzene rings is 1. The lowest BCUT2D eigenvalue weighted by molar-refractivity contribution is -0.144. The van der Waals surface area contributed by atoms with Crippen molar-refractivity contribution in [3.05, 3.63) is 30.1 Å². The first-order chi connectivity index (χ1) is 8.52. The Hall–Kier alpha value is -1.58. The maximum Gasteiger partial charge on any atom is 0.306 e. The molecule has 0 N–H and O–H groups in total. The average molecular weight is 254 g/mol. The molecule has 100 valence electrons.